The average Bonchev–Trinajstić information content (AvgIpc) is 3.13. The summed E-state index contributed by atoms with van der Waals surface area (Å²) in [6.45, 7) is 5.21. The molecule has 126 valence electrons. The number of hydrogen-bond acceptors (Lipinski definition) is 4. The van der Waals surface area contributed by atoms with Crippen LogP contribution < -0.4 is 0 Å². The topological polar surface area (TPSA) is 59.5 Å². The zero-order chi connectivity index (χ0) is 17.1. The molecule has 5 heteroatoms. The Morgan fingerprint density at radius 3 is 2.62 bits per heavy atom. The van der Waals surface area contributed by atoms with Crippen molar-refractivity contribution in [3.63, 3.8) is 0 Å². The van der Waals surface area contributed by atoms with Crippen LogP contribution in [0.2, 0.25) is 0 Å². The molecule has 2 aromatic rings. The van der Waals surface area contributed by atoms with E-state index < -0.39 is 5.97 Å². The fourth-order valence-electron chi connectivity index (χ4n) is 3.22. The van der Waals surface area contributed by atoms with Crippen molar-refractivity contribution in [2.75, 3.05) is 19.7 Å². The van der Waals surface area contributed by atoms with Gasteiger partial charge in [-0.2, -0.15) is 0 Å². The van der Waals surface area contributed by atoms with E-state index in [0.29, 0.717) is 5.56 Å². The number of carbonyl (C=O) groups is 2. The first kappa shape index (κ1) is 16.4. The standard InChI is InChI=1S/C19H22N2O3/c1-3-15-13(2)18(14-8-4-5-9-16(14)20-15)19(23)24-12-17(22)21-10-6-7-11-21/h4-5,8-9H,3,6-7,10-12H2,1-2H3. The van der Waals surface area contributed by atoms with Gasteiger partial charge < -0.3 is 9.64 Å². The number of carbonyl (C=O) groups excluding carboxylic acids is 2. The van der Waals surface area contributed by atoms with Gasteiger partial charge in [-0.05, 0) is 37.8 Å². The minimum Gasteiger partial charge on any atom is -0.452 e. The van der Waals surface area contributed by atoms with Crippen LogP contribution in [0.25, 0.3) is 10.9 Å². The molecule has 0 unspecified atom stereocenters. The largest absolute Gasteiger partial charge is 0.452 e. The molecule has 24 heavy (non-hydrogen) atoms. The number of para-hydroxylation sites is 1. The van der Waals surface area contributed by atoms with Crippen molar-refractivity contribution in [1.29, 1.82) is 0 Å². The Bertz CT molecular complexity index is 780. The molecule has 1 aromatic carbocycles. The monoisotopic (exact) mass is 326 g/mol. The molecule has 1 aromatic heterocycles. The average molecular weight is 326 g/mol. The molecular weight excluding hydrogens is 304 g/mol. The van der Waals surface area contributed by atoms with E-state index in [1.165, 1.54) is 0 Å². The minimum atomic E-state index is -0.451. The second-order valence-electron chi connectivity index (χ2n) is 6.09. The predicted molar refractivity (Wildman–Crippen MR) is 92.0 cm³/mol. The molecule has 0 saturated carbocycles. The van der Waals surface area contributed by atoms with Crippen molar-refractivity contribution in [3.8, 4) is 0 Å². The van der Waals surface area contributed by atoms with Gasteiger partial charge in [-0.3, -0.25) is 9.78 Å². The lowest BCUT2D eigenvalue weighted by Crippen LogP contribution is -2.32. The fraction of sp³-hybridized carbons (Fsp3) is 0.421. The normalized spacial score (nSPS) is 14.2. The highest BCUT2D eigenvalue weighted by atomic mass is 16.5. The van der Waals surface area contributed by atoms with Crippen molar-refractivity contribution in [3.05, 3.63) is 41.1 Å². The number of hydrogen-bond donors (Lipinski definition) is 0. The number of aromatic nitrogens is 1. The van der Waals surface area contributed by atoms with Crippen LogP contribution in [-0.2, 0) is 16.0 Å². The van der Waals surface area contributed by atoms with Gasteiger partial charge in [0, 0.05) is 24.2 Å². The molecule has 1 saturated heterocycles. The van der Waals surface area contributed by atoms with Crippen LogP contribution in [0, 0.1) is 6.92 Å². The van der Waals surface area contributed by atoms with Crippen molar-refractivity contribution in [1.82, 2.24) is 9.88 Å². The number of aryl methyl sites for hydroxylation is 1. The molecule has 1 aliphatic heterocycles. The van der Waals surface area contributed by atoms with Gasteiger partial charge in [0.05, 0.1) is 11.1 Å². The molecule has 0 radical (unpaired) electrons. The quantitative estimate of drug-likeness (QED) is 0.811. The Balaban J connectivity index is 1.86. The molecule has 0 bridgehead atoms. The second kappa shape index (κ2) is 6.99. The van der Waals surface area contributed by atoms with Gasteiger partial charge in [-0.25, -0.2) is 4.79 Å². The van der Waals surface area contributed by atoms with Gasteiger partial charge in [0.15, 0.2) is 6.61 Å². The number of nitrogens with zero attached hydrogens (tertiary/aromatic N) is 2. The number of amides is 1. The number of benzene rings is 1. The molecule has 1 aliphatic rings. The van der Waals surface area contributed by atoms with Crippen LogP contribution in [0.3, 0.4) is 0 Å². The highest BCUT2D eigenvalue weighted by Crippen LogP contribution is 2.24. The summed E-state index contributed by atoms with van der Waals surface area (Å²) in [5, 5.41) is 0.769. The third-order valence-electron chi connectivity index (χ3n) is 4.56. The summed E-state index contributed by atoms with van der Waals surface area (Å²) in [6.07, 6.45) is 2.78. The molecule has 0 aliphatic carbocycles. The number of likely N-dealkylation sites (tertiary alicyclic amines) is 1. The Labute approximate surface area is 141 Å². The van der Waals surface area contributed by atoms with E-state index in [9.17, 15) is 9.59 Å². The van der Waals surface area contributed by atoms with Gasteiger partial charge in [0.2, 0.25) is 0 Å². The van der Waals surface area contributed by atoms with Crippen LogP contribution in [0.4, 0.5) is 0 Å². The summed E-state index contributed by atoms with van der Waals surface area (Å²) >= 11 is 0. The maximum Gasteiger partial charge on any atom is 0.339 e. The summed E-state index contributed by atoms with van der Waals surface area (Å²) in [4.78, 5) is 31.1. The molecule has 0 spiro atoms. The highest BCUT2D eigenvalue weighted by molar-refractivity contribution is 6.05. The summed E-state index contributed by atoms with van der Waals surface area (Å²) in [7, 11) is 0. The van der Waals surface area contributed by atoms with Crippen molar-refractivity contribution >= 4 is 22.8 Å². The number of fused-ring (bicyclic) bond motifs is 1. The van der Waals surface area contributed by atoms with Gasteiger partial charge >= 0.3 is 5.97 Å². The summed E-state index contributed by atoms with van der Waals surface area (Å²) in [5.74, 6) is -0.569. The Kier molecular flexibility index (Phi) is 4.79. The number of rotatable bonds is 4. The fourth-order valence-corrected chi connectivity index (χ4v) is 3.22. The smallest absolute Gasteiger partial charge is 0.339 e. The molecule has 2 heterocycles. The lowest BCUT2D eigenvalue weighted by atomic mass is 10.0. The maximum atomic E-state index is 12.6. The van der Waals surface area contributed by atoms with E-state index in [1.807, 2.05) is 38.1 Å². The summed E-state index contributed by atoms with van der Waals surface area (Å²) < 4.78 is 5.33. The highest BCUT2D eigenvalue weighted by Gasteiger charge is 2.22. The van der Waals surface area contributed by atoms with Gasteiger partial charge in [-0.15, -0.1) is 0 Å². The molecule has 1 amide bonds. The van der Waals surface area contributed by atoms with E-state index >= 15 is 0 Å². The number of esters is 1. The Hall–Kier alpha value is -2.43. The zero-order valence-corrected chi connectivity index (χ0v) is 14.2. The third-order valence-corrected chi connectivity index (χ3v) is 4.56. The van der Waals surface area contributed by atoms with Gasteiger partial charge in [-0.1, -0.05) is 25.1 Å². The molecule has 5 nitrogen and oxygen atoms in total. The lowest BCUT2D eigenvalue weighted by Gasteiger charge is -2.16. The minimum absolute atomic E-state index is 0.118. The van der Waals surface area contributed by atoms with Crippen LogP contribution in [0.5, 0.6) is 0 Å². The van der Waals surface area contributed by atoms with Crippen LogP contribution in [0.15, 0.2) is 24.3 Å². The maximum absolute atomic E-state index is 12.6. The van der Waals surface area contributed by atoms with Crippen LogP contribution in [0.1, 0.15) is 41.4 Å². The molecule has 0 N–H and O–H groups in total. The first-order valence-corrected chi connectivity index (χ1v) is 8.45. The number of ether oxygens (including phenoxy) is 1. The summed E-state index contributed by atoms with van der Waals surface area (Å²) in [5.41, 5.74) is 3.01. The molecular formula is C19H22N2O3. The third kappa shape index (κ3) is 3.11. The van der Waals surface area contributed by atoms with E-state index in [1.54, 1.807) is 4.90 Å². The van der Waals surface area contributed by atoms with Crippen molar-refractivity contribution in [2.24, 2.45) is 0 Å². The van der Waals surface area contributed by atoms with E-state index in [2.05, 4.69) is 4.98 Å². The molecule has 0 atom stereocenters. The van der Waals surface area contributed by atoms with E-state index in [-0.39, 0.29) is 12.5 Å². The first-order valence-electron chi connectivity index (χ1n) is 8.45. The second-order valence-corrected chi connectivity index (χ2v) is 6.09. The SMILES string of the molecule is CCc1nc2ccccc2c(C(=O)OCC(=O)N2CCCC2)c1C. The predicted octanol–water partition coefficient (Wildman–Crippen LogP) is 2.88. The van der Waals surface area contributed by atoms with Crippen LogP contribution in [-0.4, -0.2) is 41.5 Å². The molecule has 3 rings (SSSR count). The Morgan fingerprint density at radius 1 is 1.21 bits per heavy atom. The van der Waals surface area contributed by atoms with Crippen molar-refractivity contribution in [2.45, 2.75) is 33.1 Å². The lowest BCUT2D eigenvalue weighted by molar-refractivity contribution is -0.133. The van der Waals surface area contributed by atoms with Crippen molar-refractivity contribution < 1.29 is 14.3 Å². The van der Waals surface area contributed by atoms with Gasteiger partial charge in [0.25, 0.3) is 5.91 Å². The summed E-state index contributed by atoms with van der Waals surface area (Å²) in [6, 6.07) is 7.53. The van der Waals surface area contributed by atoms with Crippen LogP contribution >= 0.6 is 0 Å². The number of pyridine rings is 1. The van der Waals surface area contributed by atoms with E-state index in [0.717, 1.165) is 54.5 Å². The first-order chi connectivity index (χ1) is 11.6. The van der Waals surface area contributed by atoms with E-state index in [4.69, 9.17) is 4.74 Å². The Morgan fingerprint density at radius 2 is 1.92 bits per heavy atom. The molecule has 1 fully saturated rings. The zero-order valence-electron chi connectivity index (χ0n) is 14.2. The van der Waals surface area contributed by atoms with Gasteiger partial charge in [0.1, 0.15) is 0 Å².